The fourth-order valence-corrected chi connectivity index (χ4v) is 2.45. The Balaban J connectivity index is 2.87. The molecule has 17 heavy (non-hydrogen) atoms. The lowest BCUT2D eigenvalue weighted by atomic mass is 9.95. The fourth-order valence-electron chi connectivity index (χ4n) is 2.09. The summed E-state index contributed by atoms with van der Waals surface area (Å²) in [7, 11) is 0. The van der Waals surface area contributed by atoms with Crippen molar-refractivity contribution in [1.82, 2.24) is 0 Å². The van der Waals surface area contributed by atoms with Crippen LogP contribution in [0.5, 0.6) is 0 Å². The first kappa shape index (κ1) is 14.1. The molecule has 0 fully saturated rings. The van der Waals surface area contributed by atoms with E-state index in [4.69, 9.17) is 5.26 Å². The summed E-state index contributed by atoms with van der Waals surface area (Å²) in [4.78, 5) is 0. The molecule has 0 aliphatic rings. The van der Waals surface area contributed by atoms with Gasteiger partial charge in [-0.05, 0) is 31.0 Å². The normalized spacial score (nSPS) is 12.2. The van der Waals surface area contributed by atoms with Crippen molar-refractivity contribution in [3.05, 3.63) is 28.2 Å². The van der Waals surface area contributed by atoms with Crippen LogP contribution in [-0.2, 0) is 0 Å². The molecule has 1 atom stereocenters. The molecule has 3 heteroatoms. The molecule has 0 aliphatic heterocycles. The van der Waals surface area contributed by atoms with Gasteiger partial charge in [0.25, 0.3) is 0 Å². The number of anilines is 1. The van der Waals surface area contributed by atoms with Gasteiger partial charge in [0.1, 0.15) is 6.07 Å². The highest BCUT2D eigenvalue weighted by Gasteiger charge is 2.14. The van der Waals surface area contributed by atoms with Crippen LogP contribution in [0.2, 0.25) is 0 Å². The zero-order chi connectivity index (χ0) is 12.8. The standard InChI is InChI=1S/C14H19BrN2/c1-4-11(5-2)10(3)17-14-8-13(15)7-6-12(14)9-16/h6-8,10-11,17H,4-5H2,1-3H3. The zero-order valence-electron chi connectivity index (χ0n) is 10.6. The van der Waals surface area contributed by atoms with Crippen molar-refractivity contribution >= 4 is 21.6 Å². The largest absolute Gasteiger partial charge is 0.381 e. The van der Waals surface area contributed by atoms with Gasteiger partial charge in [-0.3, -0.25) is 0 Å². The summed E-state index contributed by atoms with van der Waals surface area (Å²) >= 11 is 3.44. The quantitative estimate of drug-likeness (QED) is 0.864. The number of nitriles is 1. The Morgan fingerprint density at radius 2 is 2.00 bits per heavy atom. The number of hydrogen-bond donors (Lipinski definition) is 1. The van der Waals surface area contributed by atoms with Crippen molar-refractivity contribution in [3.8, 4) is 6.07 Å². The van der Waals surface area contributed by atoms with Crippen LogP contribution in [0.25, 0.3) is 0 Å². The van der Waals surface area contributed by atoms with Gasteiger partial charge in [0.05, 0.1) is 11.3 Å². The number of nitrogens with zero attached hydrogens (tertiary/aromatic N) is 1. The molecule has 0 heterocycles. The third-order valence-corrected chi connectivity index (χ3v) is 3.73. The van der Waals surface area contributed by atoms with E-state index in [1.165, 1.54) is 0 Å². The molecular formula is C14H19BrN2. The molecule has 0 aliphatic carbocycles. The molecule has 92 valence electrons. The maximum atomic E-state index is 9.07. The van der Waals surface area contributed by atoms with Gasteiger partial charge in [-0.2, -0.15) is 5.26 Å². The van der Waals surface area contributed by atoms with E-state index in [1.54, 1.807) is 0 Å². The van der Waals surface area contributed by atoms with Crippen molar-refractivity contribution in [1.29, 1.82) is 5.26 Å². The molecule has 0 saturated heterocycles. The van der Waals surface area contributed by atoms with Crippen molar-refractivity contribution in [2.24, 2.45) is 5.92 Å². The van der Waals surface area contributed by atoms with Crippen LogP contribution in [-0.4, -0.2) is 6.04 Å². The Hall–Kier alpha value is -1.01. The van der Waals surface area contributed by atoms with Crippen molar-refractivity contribution < 1.29 is 0 Å². The van der Waals surface area contributed by atoms with Crippen LogP contribution >= 0.6 is 15.9 Å². The van der Waals surface area contributed by atoms with E-state index in [1.807, 2.05) is 18.2 Å². The smallest absolute Gasteiger partial charge is 0.101 e. The van der Waals surface area contributed by atoms with Crippen LogP contribution in [0.4, 0.5) is 5.69 Å². The predicted octanol–water partition coefficient (Wildman–Crippen LogP) is 4.56. The Kier molecular flexibility index (Phi) is 5.50. The lowest BCUT2D eigenvalue weighted by Crippen LogP contribution is -2.25. The first-order chi connectivity index (χ1) is 8.12. The number of nitrogens with one attached hydrogen (secondary N) is 1. The van der Waals surface area contributed by atoms with Crippen molar-refractivity contribution in [2.45, 2.75) is 39.7 Å². The minimum absolute atomic E-state index is 0.381. The molecule has 0 spiro atoms. The Bertz CT molecular complexity index is 405. The second kappa shape index (κ2) is 6.66. The van der Waals surface area contributed by atoms with E-state index < -0.39 is 0 Å². The summed E-state index contributed by atoms with van der Waals surface area (Å²) < 4.78 is 0.996. The number of halogens is 1. The van der Waals surface area contributed by atoms with Crippen LogP contribution < -0.4 is 5.32 Å². The highest BCUT2D eigenvalue weighted by atomic mass is 79.9. The van der Waals surface area contributed by atoms with Crippen LogP contribution in [0.1, 0.15) is 39.2 Å². The second-order valence-corrected chi connectivity index (χ2v) is 5.23. The number of benzene rings is 1. The molecule has 0 bridgehead atoms. The zero-order valence-corrected chi connectivity index (χ0v) is 12.2. The summed E-state index contributed by atoms with van der Waals surface area (Å²) in [5, 5.41) is 12.5. The summed E-state index contributed by atoms with van der Waals surface area (Å²) in [6.45, 7) is 6.59. The number of rotatable bonds is 5. The molecule has 0 amide bonds. The van der Waals surface area contributed by atoms with Gasteiger partial charge < -0.3 is 5.32 Å². The van der Waals surface area contributed by atoms with Gasteiger partial charge in [0.15, 0.2) is 0 Å². The second-order valence-electron chi connectivity index (χ2n) is 4.31. The molecule has 1 aromatic carbocycles. The Morgan fingerprint density at radius 1 is 1.35 bits per heavy atom. The summed E-state index contributed by atoms with van der Waals surface area (Å²) in [6, 6.07) is 8.30. The van der Waals surface area contributed by atoms with Gasteiger partial charge in [0.2, 0.25) is 0 Å². The highest BCUT2D eigenvalue weighted by molar-refractivity contribution is 9.10. The molecule has 1 unspecified atom stereocenters. The molecule has 1 N–H and O–H groups in total. The topological polar surface area (TPSA) is 35.8 Å². The van der Waals surface area contributed by atoms with Crippen molar-refractivity contribution in [3.63, 3.8) is 0 Å². The summed E-state index contributed by atoms with van der Waals surface area (Å²) in [6.07, 6.45) is 2.31. The minimum Gasteiger partial charge on any atom is -0.381 e. The van der Waals surface area contributed by atoms with E-state index in [0.717, 1.165) is 23.0 Å². The molecule has 0 aromatic heterocycles. The monoisotopic (exact) mass is 294 g/mol. The molecule has 2 nitrogen and oxygen atoms in total. The average Bonchev–Trinajstić information content (AvgIpc) is 2.31. The maximum absolute atomic E-state index is 9.07. The SMILES string of the molecule is CCC(CC)C(C)Nc1cc(Br)ccc1C#N. The molecule has 1 rings (SSSR count). The Morgan fingerprint density at radius 3 is 2.53 bits per heavy atom. The fraction of sp³-hybridized carbons (Fsp3) is 0.500. The first-order valence-electron chi connectivity index (χ1n) is 6.08. The first-order valence-corrected chi connectivity index (χ1v) is 6.87. The predicted molar refractivity (Wildman–Crippen MR) is 76.0 cm³/mol. The molecule has 1 aromatic rings. The van der Waals surface area contributed by atoms with Crippen LogP contribution in [0, 0.1) is 17.2 Å². The van der Waals surface area contributed by atoms with E-state index in [-0.39, 0.29) is 0 Å². The van der Waals surface area contributed by atoms with Crippen molar-refractivity contribution in [2.75, 3.05) is 5.32 Å². The van der Waals surface area contributed by atoms with Gasteiger partial charge in [-0.15, -0.1) is 0 Å². The Labute approximate surface area is 112 Å². The van der Waals surface area contributed by atoms with E-state index in [2.05, 4.69) is 48.1 Å². The molecule has 0 saturated carbocycles. The van der Waals surface area contributed by atoms with E-state index >= 15 is 0 Å². The maximum Gasteiger partial charge on any atom is 0.101 e. The third-order valence-electron chi connectivity index (χ3n) is 3.24. The number of hydrogen-bond acceptors (Lipinski definition) is 2. The van der Waals surface area contributed by atoms with E-state index in [9.17, 15) is 0 Å². The van der Waals surface area contributed by atoms with Crippen LogP contribution in [0.15, 0.2) is 22.7 Å². The van der Waals surface area contributed by atoms with Crippen LogP contribution in [0.3, 0.4) is 0 Å². The average molecular weight is 295 g/mol. The van der Waals surface area contributed by atoms with Gasteiger partial charge >= 0.3 is 0 Å². The molecular weight excluding hydrogens is 276 g/mol. The van der Waals surface area contributed by atoms with Gasteiger partial charge in [-0.1, -0.05) is 42.6 Å². The molecule has 0 radical (unpaired) electrons. The highest BCUT2D eigenvalue weighted by Crippen LogP contribution is 2.24. The lowest BCUT2D eigenvalue weighted by molar-refractivity contribution is 0.438. The van der Waals surface area contributed by atoms with Gasteiger partial charge in [0, 0.05) is 10.5 Å². The lowest BCUT2D eigenvalue weighted by Gasteiger charge is -2.24. The summed E-state index contributed by atoms with van der Waals surface area (Å²) in [5.74, 6) is 0.639. The third kappa shape index (κ3) is 3.74. The van der Waals surface area contributed by atoms with E-state index in [0.29, 0.717) is 17.5 Å². The summed E-state index contributed by atoms with van der Waals surface area (Å²) in [5.41, 5.74) is 1.62. The minimum atomic E-state index is 0.381. The van der Waals surface area contributed by atoms with Gasteiger partial charge in [-0.25, -0.2) is 0 Å².